The lowest BCUT2D eigenvalue weighted by Gasteiger charge is -2.33. The van der Waals surface area contributed by atoms with Gasteiger partial charge in [0.1, 0.15) is 6.61 Å². The molecule has 28 heavy (non-hydrogen) atoms. The number of piperazine rings is 1. The number of methoxy groups -OCH3 is 2. The van der Waals surface area contributed by atoms with E-state index >= 15 is 0 Å². The molecule has 2 aliphatic rings. The first-order valence-corrected chi connectivity index (χ1v) is 10.5. The second kappa shape index (κ2) is 10.1. The number of amides is 1. The minimum Gasteiger partial charge on any atom is -0.493 e. The number of rotatable bonds is 8. The number of thioether (sulfide) groups is 1. The third-order valence-electron chi connectivity index (χ3n) is 4.97. The van der Waals surface area contributed by atoms with Crippen molar-refractivity contribution < 1.29 is 19.0 Å². The molecular formula is C20H29N3O4S. The minimum atomic E-state index is -0.0988. The van der Waals surface area contributed by atoms with Crippen LogP contribution < -0.4 is 9.47 Å². The summed E-state index contributed by atoms with van der Waals surface area (Å²) in [7, 11) is 5.40. The molecule has 7 nitrogen and oxygen atoms in total. The molecule has 2 heterocycles. The van der Waals surface area contributed by atoms with Crippen molar-refractivity contribution in [2.24, 2.45) is 4.99 Å². The number of likely N-dealkylation sites (N-methyl/N-ethyl adjacent to an activating group) is 1. The van der Waals surface area contributed by atoms with E-state index in [1.807, 2.05) is 18.2 Å². The molecule has 0 N–H and O–H groups in total. The van der Waals surface area contributed by atoms with Crippen LogP contribution >= 0.6 is 11.8 Å². The zero-order valence-corrected chi connectivity index (χ0v) is 17.7. The molecular weight excluding hydrogens is 378 g/mol. The molecule has 1 unspecified atom stereocenters. The van der Waals surface area contributed by atoms with Crippen LogP contribution in [0.1, 0.15) is 12.0 Å². The molecule has 1 amide bonds. The molecule has 3 rings (SSSR count). The number of benzene rings is 1. The van der Waals surface area contributed by atoms with Crippen LogP contribution in [0.4, 0.5) is 0 Å². The van der Waals surface area contributed by atoms with E-state index in [0.717, 1.165) is 49.8 Å². The summed E-state index contributed by atoms with van der Waals surface area (Å²) in [6, 6.07) is 5.92. The van der Waals surface area contributed by atoms with Crippen molar-refractivity contribution in [2.75, 3.05) is 60.7 Å². The van der Waals surface area contributed by atoms with Crippen LogP contribution in [-0.4, -0.2) is 86.8 Å². The highest BCUT2D eigenvalue weighted by Crippen LogP contribution is 2.31. The smallest absolute Gasteiger partial charge is 0.261 e. The summed E-state index contributed by atoms with van der Waals surface area (Å²) < 4.78 is 16.1. The van der Waals surface area contributed by atoms with E-state index in [2.05, 4.69) is 21.8 Å². The summed E-state index contributed by atoms with van der Waals surface area (Å²) in [6.45, 7) is 4.90. The van der Waals surface area contributed by atoms with Crippen LogP contribution in [0.2, 0.25) is 0 Å². The number of hydrogen-bond donors (Lipinski definition) is 0. The number of ether oxygens (including phenoxy) is 3. The molecule has 0 bridgehead atoms. The summed E-state index contributed by atoms with van der Waals surface area (Å²) in [5.74, 6) is 1.40. The van der Waals surface area contributed by atoms with E-state index in [4.69, 9.17) is 14.2 Å². The molecule has 1 saturated heterocycles. The summed E-state index contributed by atoms with van der Waals surface area (Å²) in [6.07, 6.45) is 1.56. The predicted octanol–water partition coefficient (Wildman–Crippen LogP) is 1.90. The summed E-state index contributed by atoms with van der Waals surface area (Å²) in [4.78, 5) is 21.2. The Morgan fingerprint density at radius 2 is 1.93 bits per heavy atom. The Hall–Kier alpha value is -1.77. The summed E-state index contributed by atoms with van der Waals surface area (Å²) >= 11 is 1.61. The van der Waals surface area contributed by atoms with Gasteiger partial charge in [-0.25, -0.2) is 0 Å². The normalized spacial score (nSPS) is 20.4. The van der Waals surface area contributed by atoms with Gasteiger partial charge in [-0.1, -0.05) is 17.8 Å². The SMILES string of the molecule is COCCOc1ccc(CCC2SC(N3CCN(C)CC3)=NC2=O)cc1OC. The molecule has 8 heteroatoms. The molecule has 1 atom stereocenters. The number of amidine groups is 1. The summed E-state index contributed by atoms with van der Waals surface area (Å²) in [5.41, 5.74) is 1.12. The molecule has 0 spiro atoms. The highest BCUT2D eigenvalue weighted by molar-refractivity contribution is 8.15. The van der Waals surface area contributed by atoms with Gasteiger partial charge in [-0.05, 0) is 37.6 Å². The number of carbonyl (C=O) groups excluding carboxylic acids is 1. The van der Waals surface area contributed by atoms with Gasteiger partial charge in [0.05, 0.1) is 19.0 Å². The Morgan fingerprint density at radius 1 is 1.14 bits per heavy atom. The van der Waals surface area contributed by atoms with Gasteiger partial charge in [0.15, 0.2) is 16.7 Å². The Morgan fingerprint density at radius 3 is 2.64 bits per heavy atom. The van der Waals surface area contributed by atoms with Gasteiger partial charge in [-0.2, -0.15) is 4.99 Å². The van der Waals surface area contributed by atoms with E-state index in [-0.39, 0.29) is 11.2 Å². The van der Waals surface area contributed by atoms with Gasteiger partial charge in [0, 0.05) is 33.3 Å². The molecule has 2 aliphatic heterocycles. The van der Waals surface area contributed by atoms with Crippen LogP contribution in [0.15, 0.2) is 23.2 Å². The minimum absolute atomic E-state index is 0.00888. The monoisotopic (exact) mass is 407 g/mol. The fourth-order valence-electron chi connectivity index (χ4n) is 3.22. The fourth-order valence-corrected chi connectivity index (χ4v) is 4.33. The van der Waals surface area contributed by atoms with Crippen LogP contribution in [-0.2, 0) is 16.0 Å². The first-order chi connectivity index (χ1) is 13.6. The number of aryl methyl sites for hydroxylation is 1. The average molecular weight is 408 g/mol. The van der Waals surface area contributed by atoms with Crippen molar-refractivity contribution in [3.63, 3.8) is 0 Å². The number of carbonyl (C=O) groups is 1. The van der Waals surface area contributed by atoms with Crippen LogP contribution in [0, 0.1) is 0 Å². The first-order valence-electron chi connectivity index (χ1n) is 9.62. The van der Waals surface area contributed by atoms with Crippen molar-refractivity contribution in [1.29, 1.82) is 0 Å². The predicted molar refractivity (Wildman–Crippen MR) is 112 cm³/mol. The Bertz CT molecular complexity index is 705. The van der Waals surface area contributed by atoms with E-state index < -0.39 is 0 Å². The highest BCUT2D eigenvalue weighted by Gasteiger charge is 2.32. The second-order valence-corrected chi connectivity index (χ2v) is 8.16. The van der Waals surface area contributed by atoms with Crippen molar-refractivity contribution >= 4 is 22.8 Å². The molecule has 0 aliphatic carbocycles. The quantitative estimate of drug-likeness (QED) is 0.610. The van der Waals surface area contributed by atoms with E-state index in [1.54, 1.807) is 26.0 Å². The Labute approximate surface area is 171 Å². The first kappa shape index (κ1) is 21.0. The van der Waals surface area contributed by atoms with Crippen molar-refractivity contribution in [1.82, 2.24) is 9.80 Å². The van der Waals surface area contributed by atoms with Crippen LogP contribution in [0.3, 0.4) is 0 Å². The van der Waals surface area contributed by atoms with Crippen molar-refractivity contribution in [2.45, 2.75) is 18.1 Å². The molecule has 1 aromatic rings. The van der Waals surface area contributed by atoms with Crippen LogP contribution in [0.5, 0.6) is 11.5 Å². The topological polar surface area (TPSA) is 63.6 Å². The van der Waals surface area contributed by atoms with Crippen molar-refractivity contribution in [3.8, 4) is 11.5 Å². The van der Waals surface area contributed by atoms with E-state index in [9.17, 15) is 4.79 Å². The van der Waals surface area contributed by atoms with Crippen molar-refractivity contribution in [3.05, 3.63) is 23.8 Å². The molecule has 1 fully saturated rings. The van der Waals surface area contributed by atoms with Crippen LogP contribution in [0.25, 0.3) is 0 Å². The summed E-state index contributed by atoms with van der Waals surface area (Å²) in [5, 5.41) is 0.792. The van der Waals surface area contributed by atoms with Gasteiger partial charge in [-0.3, -0.25) is 4.79 Å². The molecule has 0 aromatic heterocycles. The zero-order valence-electron chi connectivity index (χ0n) is 16.8. The van der Waals surface area contributed by atoms with Gasteiger partial charge < -0.3 is 24.0 Å². The maximum Gasteiger partial charge on any atom is 0.261 e. The highest BCUT2D eigenvalue weighted by atomic mass is 32.2. The maximum absolute atomic E-state index is 12.3. The van der Waals surface area contributed by atoms with Gasteiger partial charge in [0.25, 0.3) is 5.91 Å². The Balaban J connectivity index is 1.52. The Kier molecular flexibility index (Phi) is 7.58. The zero-order chi connectivity index (χ0) is 19.9. The number of nitrogens with zero attached hydrogens (tertiary/aromatic N) is 3. The average Bonchev–Trinajstić information content (AvgIpc) is 3.08. The molecule has 0 saturated carbocycles. The lowest BCUT2D eigenvalue weighted by molar-refractivity contribution is -0.117. The number of aliphatic imine (C=N–C) groups is 1. The fraction of sp³-hybridized carbons (Fsp3) is 0.600. The number of hydrogen-bond acceptors (Lipinski definition) is 7. The van der Waals surface area contributed by atoms with Gasteiger partial charge in [0.2, 0.25) is 0 Å². The largest absolute Gasteiger partial charge is 0.493 e. The molecule has 154 valence electrons. The standard InChI is InChI=1S/C20H29N3O4S/c1-22-8-10-23(11-9-22)20-21-19(24)18(28-20)7-5-15-4-6-16(17(14-15)26-3)27-13-12-25-2/h4,6,14,18H,5,7-13H2,1-3H3. The second-order valence-electron chi connectivity index (χ2n) is 6.99. The van der Waals surface area contributed by atoms with Gasteiger partial charge >= 0.3 is 0 Å². The third kappa shape index (κ3) is 5.40. The lowest BCUT2D eigenvalue weighted by atomic mass is 10.1. The van der Waals surface area contributed by atoms with Gasteiger partial charge in [-0.15, -0.1) is 0 Å². The van der Waals surface area contributed by atoms with E-state index in [0.29, 0.717) is 24.7 Å². The lowest BCUT2D eigenvalue weighted by Crippen LogP contribution is -2.46. The maximum atomic E-state index is 12.3. The molecule has 1 aromatic carbocycles. The van der Waals surface area contributed by atoms with E-state index in [1.165, 1.54) is 0 Å². The third-order valence-corrected chi connectivity index (χ3v) is 6.25. The molecule has 0 radical (unpaired) electrons.